The Hall–Kier alpha value is -3.26. The second-order valence-corrected chi connectivity index (χ2v) is 6.39. The number of aromatic amines is 1. The van der Waals surface area contributed by atoms with Gasteiger partial charge in [-0.25, -0.2) is 10.5 Å². The second-order valence-electron chi connectivity index (χ2n) is 6.39. The molecule has 1 aliphatic heterocycles. The predicted molar refractivity (Wildman–Crippen MR) is 93.0 cm³/mol. The molecule has 1 aliphatic rings. The topological polar surface area (TPSA) is 111 Å². The number of amides is 2. The quantitative estimate of drug-likeness (QED) is 0.489. The molecule has 0 saturated heterocycles. The molecule has 3 aromatic rings. The van der Waals surface area contributed by atoms with Crippen LogP contribution >= 0.6 is 0 Å². The van der Waals surface area contributed by atoms with Crippen LogP contribution in [0.1, 0.15) is 37.9 Å². The summed E-state index contributed by atoms with van der Waals surface area (Å²) >= 11 is 0. The van der Waals surface area contributed by atoms with Crippen LogP contribution in [-0.4, -0.2) is 50.5 Å². The molecule has 0 aliphatic carbocycles. The summed E-state index contributed by atoms with van der Waals surface area (Å²) in [6, 6.07) is 7.02. The Labute approximate surface area is 148 Å². The fourth-order valence-corrected chi connectivity index (χ4v) is 3.50. The zero-order valence-electron chi connectivity index (χ0n) is 14.1. The van der Waals surface area contributed by atoms with E-state index in [1.807, 2.05) is 12.1 Å². The number of benzene rings is 1. The number of H-pyrrole nitrogens is 1. The maximum Gasteiger partial charge on any atom is 0.274 e. The highest BCUT2D eigenvalue weighted by atomic mass is 16.5. The first-order valence-corrected chi connectivity index (χ1v) is 8.20. The van der Waals surface area contributed by atoms with Gasteiger partial charge in [-0.15, -0.1) is 0 Å². The van der Waals surface area contributed by atoms with E-state index in [2.05, 4.69) is 15.0 Å². The summed E-state index contributed by atoms with van der Waals surface area (Å²) in [6.45, 7) is 0.578. The fraction of sp³-hybridized carbons (Fsp3) is 0.222. The van der Waals surface area contributed by atoms with Crippen molar-refractivity contribution in [2.24, 2.45) is 0 Å². The fourth-order valence-electron chi connectivity index (χ4n) is 3.50. The van der Waals surface area contributed by atoms with Crippen molar-refractivity contribution in [2.45, 2.75) is 12.3 Å². The van der Waals surface area contributed by atoms with Crippen LogP contribution in [0.2, 0.25) is 0 Å². The Bertz CT molecular complexity index is 996. The number of hydrogen-bond donors (Lipinski definition) is 3. The Morgan fingerprint density at radius 3 is 2.77 bits per heavy atom. The van der Waals surface area contributed by atoms with E-state index in [1.165, 1.54) is 0 Å². The van der Waals surface area contributed by atoms with Crippen LogP contribution in [0.15, 0.2) is 36.7 Å². The van der Waals surface area contributed by atoms with Gasteiger partial charge in [0.1, 0.15) is 11.2 Å². The third-order valence-corrected chi connectivity index (χ3v) is 4.73. The number of carbonyl (C=O) groups is 2. The summed E-state index contributed by atoms with van der Waals surface area (Å²) in [4.78, 5) is 37.4. The minimum absolute atomic E-state index is 0.0639. The molecule has 0 saturated carbocycles. The molecule has 8 heteroatoms. The molecule has 4 rings (SSSR count). The molecule has 2 amide bonds. The van der Waals surface area contributed by atoms with Crippen LogP contribution in [0.4, 0.5) is 0 Å². The maximum absolute atomic E-state index is 12.5. The molecular formula is C18H17N5O3. The molecule has 8 nitrogen and oxygen atoms in total. The van der Waals surface area contributed by atoms with Crippen molar-refractivity contribution in [3.05, 3.63) is 59.0 Å². The van der Waals surface area contributed by atoms with E-state index < -0.39 is 5.91 Å². The van der Waals surface area contributed by atoms with Gasteiger partial charge in [-0.3, -0.25) is 19.8 Å². The number of nitrogens with zero attached hydrogens (tertiary/aromatic N) is 3. The standard InChI is InChI=1S/C18H17N5O3/c1-23-9-12(8-10-2-4-11(5-3-10)17(24)22-26)13-14-16(20-7-6-19-14)21-15(13)18(23)25/h2-7,12,26H,8-9H2,1H3,(H,20,21)(H,22,24). The third-order valence-electron chi connectivity index (χ3n) is 4.73. The minimum Gasteiger partial charge on any atom is -0.340 e. The largest absolute Gasteiger partial charge is 0.340 e. The molecular weight excluding hydrogens is 334 g/mol. The van der Waals surface area contributed by atoms with Crippen molar-refractivity contribution in [2.75, 3.05) is 13.6 Å². The lowest BCUT2D eigenvalue weighted by atomic mass is 9.87. The lowest BCUT2D eigenvalue weighted by Gasteiger charge is -2.29. The zero-order valence-corrected chi connectivity index (χ0v) is 14.1. The van der Waals surface area contributed by atoms with Crippen molar-refractivity contribution in [1.29, 1.82) is 0 Å². The van der Waals surface area contributed by atoms with Crippen LogP contribution in [0, 0.1) is 0 Å². The molecule has 0 radical (unpaired) electrons. The van der Waals surface area contributed by atoms with Gasteiger partial charge >= 0.3 is 0 Å². The van der Waals surface area contributed by atoms with Gasteiger partial charge in [-0.05, 0) is 24.1 Å². The van der Waals surface area contributed by atoms with Crippen molar-refractivity contribution in [3.8, 4) is 0 Å². The summed E-state index contributed by atoms with van der Waals surface area (Å²) < 4.78 is 0. The van der Waals surface area contributed by atoms with E-state index in [0.717, 1.165) is 16.6 Å². The van der Waals surface area contributed by atoms with Gasteiger partial charge in [0.25, 0.3) is 11.8 Å². The molecule has 1 aromatic carbocycles. The summed E-state index contributed by atoms with van der Waals surface area (Å²) in [5.74, 6) is -0.546. The second kappa shape index (κ2) is 6.23. The number of aromatic nitrogens is 3. The normalized spacial score (nSPS) is 16.6. The van der Waals surface area contributed by atoms with Crippen LogP contribution < -0.4 is 5.48 Å². The van der Waals surface area contributed by atoms with Crippen molar-refractivity contribution < 1.29 is 14.8 Å². The molecule has 132 valence electrons. The number of hydrogen-bond acceptors (Lipinski definition) is 5. The highest BCUT2D eigenvalue weighted by molar-refractivity contribution is 6.00. The van der Waals surface area contributed by atoms with E-state index in [0.29, 0.717) is 29.9 Å². The maximum atomic E-state index is 12.5. The Kier molecular flexibility index (Phi) is 3.89. The van der Waals surface area contributed by atoms with E-state index >= 15 is 0 Å². The summed E-state index contributed by atoms with van der Waals surface area (Å²) in [7, 11) is 1.78. The number of rotatable bonds is 3. The first-order chi connectivity index (χ1) is 12.6. The molecule has 2 aromatic heterocycles. The molecule has 0 bridgehead atoms. The Morgan fingerprint density at radius 2 is 2.04 bits per heavy atom. The molecule has 1 atom stereocenters. The van der Waals surface area contributed by atoms with E-state index in [9.17, 15) is 9.59 Å². The first kappa shape index (κ1) is 16.2. The van der Waals surface area contributed by atoms with Crippen LogP contribution in [0.3, 0.4) is 0 Å². The first-order valence-electron chi connectivity index (χ1n) is 8.20. The minimum atomic E-state index is -0.547. The number of likely N-dealkylation sites (N-methyl/N-ethyl adjacent to an activating group) is 1. The SMILES string of the molecule is CN1CC(Cc2ccc(C(=O)NO)cc2)c2c([nH]c3nccnc23)C1=O. The van der Waals surface area contributed by atoms with E-state index in [1.54, 1.807) is 42.0 Å². The van der Waals surface area contributed by atoms with Crippen LogP contribution in [0.5, 0.6) is 0 Å². The number of carbonyl (C=O) groups excluding carboxylic acids is 2. The lowest BCUT2D eigenvalue weighted by Crippen LogP contribution is -2.37. The van der Waals surface area contributed by atoms with Gasteiger partial charge in [0, 0.05) is 43.0 Å². The van der Waals surface area contributed by atoms with Crippen molar-refractivity contribution in [3.63, 3.8) is 0 Å². The van der Waals surface area contributed by atoms with E-state index in [4.69, 9.17) is 5.21 Å². The molecule has 1 unspecified atom stereocenters. The van der Waals surface area contributed by atoms with Crippen LogP contribution in [-0.2, 0) is 6.42 Å². The van der Waals surface area contributed by atoms with Gasteiger partial charge in [-0.2, -0.15) is 0 Å². The van der Waals surface area contributed by atoms with Gasteiger partial charge < -0.3 is 9.88 Å². The van der Waals surface area contributed by atoms with E-state index in [-0.39, 0.29) is 11.8 Å². The lowest BCUT2D eigenvalue weighted by molar-refractivity contribution is 0.0705. The van der Waals surface area contributed by atoms with Gasteiger partial charge in [-0.1, -0.05) is 12.1 Å². The van der Waals surface area contributed by atoms with Gasteiger partial charge in [0.15, 0.2) is 5.65 Å². The Balaban J connectivity index is 1.70. The molecule has 3 heterocycles. The van der Waals surface area contributed by atoms with Crippen molar-refractivity contribution in [1.82, 2.24) is 25.3 Å². The Morgan fingerprint density at radius 1 is 1.31 bits per heavy atom. The third kappa shape index (κ3) is 2.60. The smallest absolute Gasteiger partial charge is 0.274 e. The average Bonchev–Trinajstić information content (AvgIpc) is 3.06. The summed E-state index contributed by atoms with van der Waals surface area (Å²) in [6.07, 6.45) is 3.91. The monoisotopic (exact) mass is 351 g/mol. The van der Waals surface area contributed by atoms with Crippen molar-refractivity contribution >= 4 is 23.0 Å². The number of hydroxylamine groups is 1. The summed E-state index contributed by atoms with van der Waals surface area (Å²) in [5.41, 5.74) is 5.80. The molecule has 0 spiro atoms. The highest BCUT2D eigenvalue weighted by Crippen LogP contribution is 2.34. The van der Waals surface area contributed by atoms with Gasteiger partial charge in [0.2, 0.25) is 0 Å². The zero-order chi connectivity index (χ0) is 18.3. The highest BCUT2D eigenvalue weighted by Gasteiger charge is 2.33. The number of nitrogens with one attached hydrogen (secondary N) is 2. The number of fused-ring (bicyclic) bond motifs is 3. The van der Waals surface area contributed by atoms with Crippen LogP contribution in [0.25, 0.3) is 11.2 Å². The molecule has 3 N–H and O–H groups in total. The molecule has 26 heavy (non-hydrogen) atoms. The predicted octanol–water partition coefficient (Wildman–Crippen LogP) is 1.49. The molecule has 0 fully saturated rings. The average molecular weight is 351 g/mol. The summed E-state index contributed by atoms with van der Waals surface area (Å²) in [5, 5.41) is 8.71. The van der Waals surface area contributed by atoms with Gasteiger partial charge in [0.05, 0.1) is 0 Å².